The van der Waals surface area contributed by atoms with Crippen molar-refractivity contribution < 1.29 is 4.42 Å². The summed E-state index contributed by atoms with van der Waals surface area (Å²) in [6, 6.07) is 17.1. The second kappa shape index (κ2) is 6.26. The van der Waals surface area contributed by atoms with Crippen LogP contribution in [0.25, 0.3) is 0 Å². The van der Waals surface area contributed by atoms with E-state index in [1.807, 2.05) is 59.5 Å². The van der Waals surface area contributed by atoms with Gasteiger partial charge in [-0.15, -0.1) is 0 Å². The van der Waals surface area contributed by atoms with Crippen molar-refractivity contribution in [3.63, 3.8) is 0 Å². The quantitative estimate of drug-likeness (QED) is 0.700. The first-order chi connectivity index (χ1) is 11.7. The van der Waals surface area contributed by atoms with Gasteiger partial charge in [0, 0.05) is 16.9 Å². The van der Waals surface area contributed by atoms with E-state index in [4.69, 9.17) is 28.2 Å². The topological polar surface area (TPSA) is 41.3 Å². The Morgan fingerprint density at radius 2 is 1.92 bits per heavy atom. The highest BCUT2D eigenvalue weighted by molar-refractivity contribution is 7.80. The van der Waals surface area contributed by atoms with Crippen LogP contribution in [0.4, 0.5) is 5.69 Å². The van der Waals surface area contributed by atoms with Crippen LogP contribution < -0.4 is 10.2 Å². The fraction of sp³-hybridized carbons (Fsp3) is 0.111. The van der Waals surface area contributed by atoms with Crippen LogP contribution in [-0.4, -0.2) is 10.1 Å². The Labute approximate surface area is 150 Å². The van der Waals surface area contributed by atoms with Crippen molar-refractivity contribution in [3.8, 4) is 0 Å². The minimum absolute atomic E-state index is 0.0967. The van der Waals surface area contributed by atoms with Crippen LogP contribution in [0, 0.1) is 0 Å². The lowest BCUT2D eigenvalue weighted by Crippen LogP contribution is -2.29. The number of nitrogens with one attached hydrogen (secondary N) is 1. The van der Waals surface area contributed by atoms with Gasteiger partial charge in [-0.25, -0.2) is 0 Å². The first-order valence-electron chi connectivity index (χ1n) is 7.53. The number of anilines is 1. The number of halogens is 1. The highest BCUT2D eigenvalue weighted by Crippen LogP contribution is 2.41. The molecule has 1 aliphatic rings. The van der Waals surface area contributed by atoms with E-state index in [-0.39, 0.29) is 12.1 Å². The third kappa shape index (κ3) is 2.66. The average molecular weight is 356 g/mol. The maximum Gasteiger partial charge on any atom is 0.174 e. The first kappa shape index (κ1) is 15.2. The zero-order chi connectivity index (χ0) is 16.5. The highest BCUT2D eigenvalue weighted by atomic mass is 35.5. The lowest BCUT2D eigenvalue weighted by Gasteiger charge is -2.26. The number of aromatic nitrogens is 1. The van der Waals surface area contributed by atoms with Crippen molar-refractivity contribution in [1.82, 2.24) is 10.3 Å². The molecule has 24 heavy (non-hydrogen) atoms. The molecule has 4 nitrogen and oxygen atoms in total. The van der Waals surface area contributed by atoms with Gasteiger partial charge in [-0.05, 0) is 60.7 Å². The summed E-state index contributed by atoms with van der Waals surface area (Å²) in [5.41, 5.74) is 1.87. The van der Waals surface area contributed by atoms with E-state index in [1.165, 1.54) is 0 Å². The number of hydrogen-bond acceptors (Lipinski definition) is 3. The minimum Gasteiger partial charge on any atom is -0.467 e. The Bertz CT molecular complexity index is 836. The maximum atomic E-state index is 6.02. The molecule has 2 aromatic heterocycles. The number of rotatable bonds is 3. The van der Waals surface area contributed by atoms with Gasteiger partial charge in [0.25, 0.3) is 0 Å². The molecule has 0 radical (unpaired) electrons. The lowest BCUT2D eigenvalue weighted by molar-refractivity contribution is 0.432. The molecule has 0 aliphatic carbocycles. The van der Waals surface area contributed by atoms with Gasteiger partial charge < -0.3 is 14.6 Å². The highest BCUT2D eigenvalue weighted by Gasteiger charge is 2.42. The van der Waals surface area contributed by atoms with E-state index >= 15 is 0 Å². The molecule has 0 bridgehead atoms. The SMILES string of the molecule is S=C1NC(c2ccccn2)C(c2ccco2)N1c1ccc(Cl)cc1. The molecule has 0 amide bonds. The van der Waals surface area contributed by atoms with Crippen molar-refractivity contribution in [2.45, 2.75) is 12.1 Å². The van der Waals surface area contributed by atoms with E-state index < -0.39 is 0 Å². The number of pyridine rings is 1. The summed E-state index contributed by atoms with van der Waals surface area (Å²) in [4.78, 5) is 6.53. The zero-order valence-electron chi connectivity index (χ0n) is 12.6. The predicted octanol–water partition coefficient (Wildman–Crippen LogP) is 4.51. The third-order valence-electron chi connectivity index (χ3n) is 4.04. The van der Waals surface area contributed by atoms with Gasteiger partial charge >= 0.3 is 0 Å². The van der Waals surface area contributed by atoms with E-state index in [1.54, 1.807) is 12.5 Å². The molecule has 1 aromatic carbocycles. The van der Waals surface area contributed by atoms with Crippen molar-refractivity contribution in [1.29, 1.82) is 0 Å². The summed E-state index contributed by atoms with van der Waals surface area (Å²) in [5, 5.41) is 4.69. The Morgan fingerprint density at radius 3 is 2.58 bits per heavy atom. The summed E-state index contributed by atoms with van der Waals surface area (Å²) in [5.74, 6) is 0.827. The maximum absolute atomic E-state index is 6.02. The van der Waals surface area contributed by atoms with Crippen LogP contribution in [0.5, 0.6) is 0 Å². The summed E-state index contributed by atoms with van der Waals surface area (Å²) in [6.07, 6.45) is 3.45. The number of hydrogen-bond donors (Lipinski definition) is 1. The third-order valence-corrected chi connectivity index (χ3v) is 4.60. The molecule has 1 N–H and O–H groups in total. The van der Waals surface area contributed by atoms with Gasteiger partial charge in [0.15, 0.2) is 5.11 Å². The van der Waals surface area contributed by atoms with Crippen molar-refractivity contribution in [2.75, 3.05) is 4.90 Å². The average Bonchev–Trinajstić information content (AvgIpc) is 3.24. The Hall–Kier alpha value is -2.37. The van der Waals surface area contributed by atoms with Crippen LogP contribution in [0.2, 0.25) is 5.02 Å². The fourth-order valence-corrected chi connectivity index (χ4v) is 3.46. The largest absolute Gasteiger partial charge is 0.467 e. The van der Waals surface area contributed by atoms with Gasteiger partial charge in [0.2, 0.25) is 0 Å². The molecule has 2 atom stereocenters. The molecule has 0 saturated carbocycles. The van der Waals surface area contributed by atoms with Crippen LogP contribution in [0.15, 0.2) is 71.5 Å². The Kier molecular flexibility index (Phi) is 3.96. The number of benzene rings is 1. The molecule has 1 fully saturated rings. The standard InChI is InChI=1S/C18H14ClN3OS/c19-12-6-8-13(9-7-12)22-17(15-5-3-11-23-15)16(21-18(22)24)14-4-1-2-10-20-14/h1-11,16-17H,(H,21,24). The van der Waals surface area contributed by atoms with Crippen molar-refractivity contribution in [2.24, 2.45) is 0 Å². The molecule has 120 valence electrons. The summed E-state index contributed by atoms with van der Waals surface area (Å²) in [6.45, 7) is 0. The fourth-order valence-electron chi connectivity index (χ4n) is 2.98. The van der Waals surface area contributed by atoms with Crippen LogP contribution in [0.1, 0.15) is 23.5 Å². The van der Waals surface area contributed by atoms with Gasteiger partial charge in [-0.3, -0.25) is 4.98 Å². The Balaban J connectivity index is 1.80. The second-order valence-electron chi connectivity index (χ2n) is 5.49. The molecule has 1 aliphatic heterocycles. The van der Waals surface area contributed by atoms with Crippen LogP contribution in [-0.2, 0) is 0 Å². The van der Waals surface area contributed by atoms with Crippen LogP contribution >= 0.6 is 23.8 Å². The summed E-state index contributed by atoms with van der Waals surface area (Å²) < 4.78 is 5.70. The Morgan fingerprint density at radius 1 is 1.08 bits per heavy atom. The minimum atomic E-state index is -0.122. The molecule has 3 heterocycles. The normalized spacial score (nSPS) is 20.2. The molecular formula is C18H14ClN3OS. The monoisotopic (exact) mass is 355 g/mol. The molecule has 2 unspecified atom stereocenters. The van der Waals surface area contributed by atoms with Crippen molar-refractivity contribution in [3.05, 3.63) is 83.5 Å². The lowest BCUT2D eigenvalue weighted by atomic mass is 10.0. The molecule has 6 heteroatoms. The van der Waals surface area contributed by atoms with Crippen LogP contribution in [0.3, 0.4) is 0 Å². The smallest absolute Gasteiger partial charge is 0.174 e. The number of furan rings is 1. The molecule has 1 saturated heterocycles. The predicted molar refractivity (Wildman–Crippen MR) is 98.1 cm³/mol. The second-order valence-corrected chi connectivity index (χ2v) is 6.31. The first-order valence-corrected chi connectivity index (χ1v) is 8.32. The summed E-state index contributed by atoms with van der Waals surface area (Å²) >= 11 is 11.6. The molecule has 0 spiro atoms. The van der Waals surface area contributed by atoms with Gasteiger partial charge in [-0.1, -0.05) is 17.7 Å². The van der Waals surface area contributed by atoms with Gasteiger partial charge in [0.1, 0.15) is 11.8 Å². The number of nitrogens with zero attached hydrogens (tertiary/aromatic N) is 2. The van der Waals surface area contributed by atoms with E-state index in [0.717, 1.165) is 17.1 Å². The molecular weight excluding hydrogens is 342 g/mol. The molecule has 3 aromatic rings. The molecule has 4 rings (SSSR count). The van der Waals surface area contributed by atoms with Crippen molar-refractivity contribution >= 4 is 34.6 Å². The number of thiocarbonyl (C=S) groups is 1. The van der Waals surface area contributed by atoms with Gasteiger partial charge in [0.05, 0.1) is 18.0 Å². The summed E-state index contributed by atoms with van der Waals surface area (Å²) in [7, 11) is 0. The van der Waals surface area contributed by atoms with E-state index in [2.05, 4.69) is 10.3 Å². The van der Waals surface area contributed by atoms with E-state index in [9.17, 15) is 0 Å². The van der Waals surface area contributed by atoms with E-state index in [0.29, 0.717) is 10.1 Å². The van der Waals surface area contributed by atoms with Gasteiger partial charge in [-0.2, -0.15) is 0 Å². The zero-order valence-corrected chi connectivity index (χ0v) is 14.2.